The number of halogens is 2. The van der Waals surface area contributed by atoms with Crippen molar-refractivity contribution in [3.05, 3.63) is 57.7 Å². The molecule has 0 aliphatic heterocycles. The van der Waals surface area contributed by atoms with Crippen LogP contribution < -0.4 is 15.2 Å². The topological polar surface area (TPSA) is 127 Å². The Bertz CT molecular complexity index is 1250. The zero-order valence-electron chi connectivity index (χ0n) is 20.6. The first kappa shape index (κ1) is 27.3. The Hall–Kier alpha value is -3.30. The summed E-state index contributed by atoms with van der Waals surface area (Å²) in [4.78, 5) is 33.6. The van der Waals surface area contributed by atoms with Gasteiger partial charge in [-0.15, -0.1) is 0 Å². The number of methoxy groups -OCH3 is 2. The SMILES string of the molecule is COc1ccc(-c2nc(C(=O)Cc3c(Cl)cncc3Cl)c(C(CC(C)(C)C)OC(N)=O)o2)cc1OC. The number of rotatable bonds is 9. The van der Waals surface area contributed by atoms with Crippen LogP contribution in [0.1, 0.15) is 55.1 Å². The number of nitrogens with two attached hydrogens (primary N) is 1. The summed E-state index contributed by atoms with van der Waals surface area (Å²) >= 11 is 12.5. The van der Waals surface area contributed by atoms with E-state index < -0.39 is 18.0 Å². The molecule has 192 valence electrons. The van der Waals surface area contributed by atoms with E-state index in [1.165, 1.54) is 26.6 Å². The summed E-state index contributed by atoms with van der Waals surface area (Å²) in [6, 6.07) is 5.05. The van der Waals surface area contributed by atoms with Crippen LogP contribution >= 0.6 is 23.2 Å². The molecule has 0 saturated heterocycles. The number of hydrogen-bond acceptors (Lipinski definition) is 8. The number of amides is 1. The molecule has 2 aromatic heterocycles. The van der Waals surface area contributed by atoms with Crippen LogP contribution in [-0.2, 0) is 11.2 Å². The fraction of sp³-hybridized carbons (Fsp3) is 0.360. The van der Waals surface area contributed by atoms with E-state index in [4.69, 9.17) is 47.6 Å². The zero-order valence-corrected chi connectivity index (χ0v) is 22.1. The Morgan fingerprint density at radius 1 is 1.08 bits per heavy atom. The number of hydrogen-bond donors (Lipinski definition) is 1. The van der Waals surface area contributed by atoms with E-state index >= 15 is 0 Å². The number of Topliss-reactive ketones (excluding diaryl/α,β-unsaturated/α-hetero) is 1. The minimum atomic E-state index is -1.01. The molecule has 1 atom stereocenters. The van der Waals surface area contributed by atoms with Crippen molar-refractivity contribution in [2.45, 2.75) is 39.7 Å². The quantitative estimate of drug-likeness (QED) is 0.327. The number of carbonyl (C=O) groups excluding carboxylic acids is 2. The van der Waals surface area contributed by atoms with Gasteiger partial charge in [0.15, 0.2) is 34.8 Å². The third kappa shape index (κ3) is 6.47. The largest absolute Gasteiger partial charge is 0.493 e. The van der Waals surface area contributed by atoms with Gasteiger partial charge in [-0.2, -0.15) is 0 Å². The fourth-order valence-corrected chi connectivity index (χ4v) is 4.08. The number of ether oxygens (including phenoxy) is 3. The van der Waals surface area contributed by atoms with Gasteiger partial charge in [-0.1, -0.05) is 44.0 Å². The molecular formula is C25H27Cl2N3O6. The second kappa shape index (κ2) is 11.2. The lowest BCUT2D eigenvalue weighted by Gasteiger charge is -2.24. The molecule has 0 radical (unpaired) electrons. The van der Waals surface area contributed by atoms with Crippen molar-refractivity contribution in [3.63, 3.8) is 0 Å². The maximum Gasteiger partial charge on any atom is 0.405 e. The molecule has 9 nitrogen and oxygen atoms in total. The molecule has 36 heavy (non-hydrogen) atoms. The van der Waals surface area contributed by atoms with Crippen molar-refractivity contribution in [1.29, 1.82) is 0 Å². The molecule has 2 heterocycles. The van der Waals surface area contributed by atoms with Crippen molar-refractivity contribution in [2.24, 2.45) is 11.1 Å². The number of primary amides is 1. The van der Waals surface area contributed by atoms with Gasteiger partial charge in [0.05, 0.1) is 24.3 Å². The molecule has 0 spiro atoms. The Balaban J connectivity index is 2.14. The van der Waals surface area contributed by atoms with Gasteiger partial charge in [-0.3, -0.25) is 9.78 Å². The van der Waals surface area contributed by atoms with Crippen LogP contribution in [0.2, 0.25) is 10.0 Å². The van der Waals surface area contributed by atoms with E-state index in [0.29, 0.717) is 29.0 Å². The van der Waals surface area contributed by atoms with Crippen molar-refractivity contribution >= 4 is 35.1 Å². The predicted molar refractivity (Wildman–Crippen MR) is 135 cm³/mol. The molecule has 11 heteroatoms. The van der Waals surface area contributed by atoms with E-state index in [2.05, 4.69) is 9.97 Å². The van der Waals surface area contributed by atoms with Gasteiger partial charge in [-0.25, -0.2) is 9.78 Å². The second-order valence-electron chi connectivity index (χ2n) is 9.17. The third-order valence-electron chi connectivity index (χ3n) is 5.19. The Morgan fingerprint density at radius 2 is 1.72 bits per heavy atom. The monoisotopic (exact) mass is 535 g/mol. The summed E-state index contributed by atoms with van der Waals surface area (Å²) in [5, 5.41) is 0.473. The first-order valence-electron chi connectivity index (χ1n) is 10.9. The first-order chi connectivity index (χ1) is 16.9. The van der Waals surface area contributed by atoms with Crippen molar-refractivity contribution in [2.75, 3.05) is 14.2 Å². The molecule has 0 aliphatic rings. The van der Waals surface area contributed by atoms with E-state index in [-0.39, 0.29) is 39.2 Å². The van der Waals surface area contributed by atoms with Crippen LogP contribution in [0.5, 0.6) is 11.5 Å². The van der Waals surface area contributed by atoms with Gasteiger partial charge in [-0.05, 0) is 30.0 Å². The highest BCUT2D eigenvalue weighted by Crippen LogP contribution is 2.38. The molecule has 1 aromatic carbocycles. The van der Waals surface area contributed by atoms with Gasteiger partial charge in [0, 0.05) is 29.9 Å². The van der Waals surface area contributed by atoms with E-state index in [1.807, 2.05) is 20.8 Å². The molecule has 0 bridgehead atoms. The second-order valence-corrected chi connectivity index (χ2v) is 9.99. The number of carbonyl (C=O) groups is 2. The molecule has 3 aromatic rings. The lowest BCUT2D eigenvalue weighted by Crippen LogP contribution is -2.23. The van der Waals surface area contributed by atoms with Gasteiger partial charge in [0.2, 0.25) is 5.89 Å². The molecule has 2 N–H and O–H groups in total. The summed E-state index contributed by atoms with van der Waals surface area (Å²) in [6.07, 6.45) is 0.955. The summed E-state index contributed by atoms with van der Waals surface area (Å²) < 4.78 is 22.1. The maximum atomic E-state index is 13.5. The van der Waals surface area contributed by atoms with Gasteiger partial charge < -0.3 is 24.4 Å². The van der Waals surface area contributed by atoms with Gasteiger partial charge in [0.1, 0.15) is 0 Å². The summed E-state index contributed by atoms with van der Waals surface area (Å²) in [5.41, 5.74) is 5.91. The van der Waals surface area contributed by atoms with E-state index in [9.17, 15) is 9.59 Å². The van der Waals surface area contributed by atoms with Crippen LogP contribution in [0, 0.1) is 5.41 Å². The molecule has 0 fully saturated rings. The van der Waals surface area contributed by atoms with Gasteiger partial charge >= 0.3 is 6.09 Å². The summed E-state index contributed by atoms with van der Waals surface area (Å²) in [5.74, 6) is 0.696. The number of ketones is 1. The van der Waals surface area contributed by atoms with Crippen LogP contribution in [0.4, 0.5) is 4.79 Å². The maximum absolute atomic E-state index is 13.5. The minimum Gasteiger partial charge on any atom is -0.493 e. The highest BCUT2D eigenvalue weighted by atomic mass is 35.5. The minimum absolute atomic E-state index is 0.0285. The molecule has 0 aliphatic carbocycles. The smallest absolute Gasteiger partial charge is 0.405 e. The van der Waals surface area contributed by atoms with Crippen molar-refractivity contribution in [3.8, 4) is 23.0 Å². The summed E-state index contributed by atoms with van der Waals surface area (Å²) in [6.45, 7) is 5.86. The Morgan fingerprint density at radius 3 is 2.28 bits per heavy atom. The number of nitrogens with zero attached hydrogens (tertiary/aromatic N) is 2. The standard InChI is InChI=1S/C25H27Cl2N3O6/c1-25(2,3)10-20(35-24(28)32)22-21(17(31)9-14-15(26)11-29-12-16(14)27)30-23(36-22)13-6-7-18(33-4)19(8-13)34-5/h6-8,11-12,20H,9-10H2,1-5H3,(H2,28,32). The van der Waals surface area contributed by atoms with E-state index in [1.54, 1.807) is 18.2 Å². The molecule has 1 unspecified atom stereocenters. The lowest BCUT2D eigenvalue weighted by atomic mass is 9.87. The predicted octanol–water partition coefficient (Wildman–Crippen LogP) is 6.06. The highest BCUT2D eigenvalue weighted by molar-refractivity contribution is 6.36. The molecule has 1 amide bonds. The average Bonchev–Trinajstić information content (AvgIpc) is 3.25. The average molecular weight is 536 g/mol. The molecule has 3 rings (SSSR count). The molecule has 0 saturated carbocycles. The fourth-order valence-electron chi connectivity index (χ4n) is 3.58. The Kier molecular flexibility index (Phi) is 8.47. The molecular weight excluding hydrogens is 509 g/mol. The van der Waals surface area contributed by atoms with Crippen LogP contribution in [0.15, 0.2) is 35.0 Å². The van der Waals surface area contributed by atoms with Crippen LogP contribution in [0.25, 0.3) is 11.5 Å². The van der Waals surface area contributed by atoms with Crippen molar-refractivity contribution in [1.82, 2.24) is 9.97 Å². The lowest BCUT2D eigenvalue weighted by molar-refractivity contribution is 0.0638. The zero-order chi connectivity index (χ0) is 26.6. The first-order valence-corrected chi connectivity index (χ1v) is 11.7. The Labute approximate surface area is 218 Å². The third-order valence-corrected chi connectivity index (χ3v) is 5.84. The highest BCUT2D eigenvalue weighted by Gasteiger charge is 2.33. The number of pyridine rings is 1. The van der Waals surface area contributed by atoms with Gasteiger partial charge in [0.25, 0.3) is 0 Å². The van der Waals surface area contributed by atoms with Crippen LogP contribution in [-0.4, -0.2) is 36.1 Å². The summed E-state index contributed by atoms with van der Waals surface area (Å²) in [7, 11) is 3.02. The number of oxazole rings is 1. The number of benzene rings is 1. The van der Waals surface area contributed by atoms with Crippen molar-refractivity contribution < 1.29 is 28.2 Å². The van der Waals surface area contributed by atoms with Crippen LogP contribution in [0.3, 0.4) is 0 Å². The number of aromatic nitrogens is 2. The van der Waals surface area contributed by atoms with E-state index in [0.717, 1.165) is 0 Å². The normalized spacial score (nSPS) is 12.2.